The van der Waals surface area contributed by atoms with E-state index in [1.165, 1.54) is 5.57 Å². The Labute approximate surface area is 61.5 Å². The normalized spacial score (nSPS) is 20.8. The zero-order valence-electron chi connectivity index (χ0n) is 6.44. The molecule has 0 aromatic carbocycles. The van der Waals surface area contributed by atoms with Gasteiger partial charge in [-0.05, 0) is 13.3 Å². The van der Waals surface area contributed by atoms with Crippen molar-refractivity contribution >= 4 is 0 Å². The lowest BCUT2D eigenvalue weighted by Gasteiger charge is -2.23. The van der Waals surface area contributed by atoms with Crippen LogP contribution in [0.1, 0.15) is 13.3 Å². The molecule has 0 amide bonds. The summed E-state index contributed by atoms with van der Waals surface area (Å²) in [5.41, 5.74) is 1.44. The second-order valence-corrected chi connectivity index (χ2v) is 2.79. The number of alkyl halides is 1. The van der Waals surface area contributed by atoms with Crippen molar-refractivity contribution in [3.05, 3.63) is 11.6 Å². The van der Waals surface area contributed by atoms with Gasteiger partial charge >= 0.3 is 0 Å². The highest BCUT2D eigenvalue weighted by molar-refractivity contribution is 5.03. The topological polar surface area (TPSA) is 3.24 Å². The Morgan fingerprint density at radius 3 is 3.00 bits per heavy atom. The van der Waals surface area contributed by atoms with Crippen LogP contribution >= 0.6 is 0 Å². The monoisotopic (exact) mass is 143 g/mol. The Kier molecular flexibility index (Phi) is 2.87. The van der Waals surface area contributed by atoms with E-state index in [1.54, 1.807) is 0 Å². The Hall–Kier alpha value is -0.370. The first-order valence-electron chi connectivity index (χ1n) is 3.77. The molecule has 0 N–H and O–H groups in total. The first-order valence-corrected chi connectivity index (χ1v) is 3.77. The minimum Gasteiger partial charge on any atom is -0.297 e. The Balaban J connectivity index is 2.27. The molecule has 2 heteroatoms. The van der Waals surface area contributed by atoms with Gasteiger partial charge in [-0.15, -0.1) is 0 Å². The number of hydrogen-bond acceptors (Lipinski definition) is 1. The van der Waals surface area contributed by atoms with Gasteiger partial charge in [0.15, 0.2) is 0 Å². The average Bonchev–Trinajstić information content (AvgIpc) is 1.95. The van der Waals surface area contributed by atoms with E-state index in [1.807, 2.05) is 0 Å². The molecule has 1 nitrogen and oxygen atoms in total. The van der Waals surface area contributed by atoms with E-state index in [9.17, 15) is 4.39 Å². The zero-order valence-corrected chi connectivity index (χ0v) is 6.44. The van der Waals surface area contributed by atoms with Crippen LogP contribution in [0.3, 0.4) is 0 Å². The van der Waals surface area contributed by atoms with Gasteiger partial charge in [0.2, 0.25) is 0 Å². The second-order valence-electron chi connectivity index (χ2n) is 2.79. The van der Waals surface area contributed by atoms with E-state index in [-0.39, 0.29) is 6.67 Å². The molecule has 1 aliphatic rings. The van der Waals surface area contributed by atoms with Crippen LogP contribution in [-0.4, -0.2) is 31.2 Å². The van der Waals surface area contributed by atoms with E-state index in [2.05, 4.69) is 17.9 Å². The lowest BCUT2D eigenvalue weighted by Crippen LogP contribution is -2.30. The van der Waals surface area contributed by atoms with E-state index < -0.39 is 0 Å². The predicted molar refractivity (Wildman–Crippen MR) is 40.8 cm³/mol. The van der Waals surface area contributed by atoms with Gasteiger partial charge in [-0.1, -0.05) is 11.6 Å². The highest BCUT2D eigenvalue weighted by Gasteiger charge is 2.07. The van der Waals surface area contributed by atoms with Crippen molar-refractivity contribution in [2.24, 2.45) is 0 Å². The maximum Gasteiger partial charge on any atom is 0.102 e. The van der Waals surface area contributed by atoms with Crippen molar-refractivity contribution in [2.45, 2.75) is 13.3 Å². The fourth-order valence-electron chi connectivity index (χ4n) is 1.14. The molecule has 1 heterocycles. The summed E-state index contributed by atoms with van der Waals surface area (Å²) in [6.45, 7) is 4.49. The van der Waals surface area contributed by atoms with Crippen LogP contribution in [0.25, 0.3) is 0 Å². The Morgan fingerprint density at radius 1 is 1.70 bits per heavy atom. The fraction of sp³-hybridized carbons (Fsp3) is 0.750. The fourth-order valence-corrected chi connectivity index (χ4v) is 1.14. The van der Waals surface area contributed by atoms with Gasteiger partial charge in [0.25, 0.3) is 0 Å². The summed E-state index contributed by atoms with van der Waals surface area (Å²) in [5.74, 6) is 0. The van der Waals surface area contributed by atoms with Gasteiger partial charge in [-0.3, -0.25) is 4.90 Å². The van der Waals surface area contributed by atoms with Crippen LogP contribution in [-0.2, 0) is 0 Å². The molecule has 0 spiro atoms. The van der Waals surface area contributed by atoms with Crippen molar-refractivity contribution in [3.63, 3.8) is 0 Å². The first-order chi connectivity index (χ1) is 4.83. The Bertz CT molecular complexity index is 131. The largest absolute Gasteiger partial charge is 0.297 e. The molecule has 0 bridgehead atoms. The second kappa shape index (κ2) is 3.71. The van der Waals surface area contributed by atoms with Crippen LogP contribution in [0.2, 0.25) is 0 Å². The zero-order chi connectivity index (χ0) is 7.40. The molecule has 0 aromatic heterocycles. The lowest BCUT2D eigenvalue weighted by molar-refractivity contribution is 0.264. The van der Waals surface area contributed by atoms with Gasteiger partial charge in [-0.2, -0.15) is 0 Å². The summed E-state index contributed by atoms with van der Waals surface area (Å²) >= 11 is 0. The molecule has 0 fully saturated rings. The third-order valence-corrected chi connectivity index (χ3v) is 1.92. The SMILES string of the molecule is CC1=CCN(CCF)CC1. The molecule has 1 aliphatic heterocycles. The molecule has 0 atom stereocenters. The third kappa shape index (κ3) is 2.10. The smallest absolute Gasteiger partial charge is 0.102 e. The standard InChI is InChI=1S/C8H14FN/c1-8-2-5-10(6-3-8)7-4-9/h2H,3-7H2,1H3. The summed E-state index contributed by atoms with van der Waals surface area (Å²) in [6.07, 6.45) is 3.29. The van der Waals surface area contributed by atoms with Crippen molar-refractivity contribution in [1.82, 2.24) is 4.90 Å². The summed E-state index contributed by atoms with van der Waals surface area (Å²) in [7, 11) is 0. The summed E-state index contributed by atoms with van der Waals surface area (Å²) in [6, 6.07) is 0. The Morgan fingerprint density at radius 2 is 2.50 bits per heavy atom. The van der Waals surface area contributed by atoms with Crippen molar-refractivity contribution in [1.29, 1.82) is 0 Å². The molecule has 0 aliphatic carbocycles. The number of nitrogens with zero attached hydrogens (tertiary/aromatic N) is 1. The minimum absolute atomic E-state index is 0.215. The van der Waals surface area contributed by atoms with Crippen LogP contribution in [0.15, 0.2) is 11.6 Å². The van der Waals surface area contributed by atoms with Crippen molar-refractivity contribution < 1.29 is 4.39 Å². The molecule has 58 valence electrons. The van der Waals surface area contributed by atoms with Crippen molar-refractivity contribution in [2.75, 3.05) is 26.3 Å². The van der Waals surface area contributed by atoms with Crippen LogP contribution < -0.4 is 0 Å². The molecule has 0 saturated carbocycles. The molecule has 10 heavy (non-hydrogen) atoms. The predicted octanol–water partition coefficient (Wildman–Crippen LogP) is 1.61. The molecular weight excluding hydrogens is 129 g/mol. The molecule has 0 radical (unpaired) electrons. The molecule has 1 rings (SSSR count). The number of hydrogen-bond donors (Lipinski definition) is 0. The maximum absolute atomic E-state index is 11.8. The first kappa shape index (κ1) is 7.73. The third-order valence-electron chi connectivity index (χ3n) is 1.92. The summed E-state index contributed by atoms with van der Waals surface area (Å²) in [4.78, 5) is 2.13. The highest BCUT2D eigenvalue weighted by Crippen LogP contribution is 2.08. The van der Waals surface area contributed by atoms with Gasteiger partial charge in [0.1, 0.15) is 6.67 Å². The number of rotatable bonds is 2. The molecule has 0 aromatic rings. The van der Waals surface area contributed by atoms with Gasteiger partial charge in [0, 0.05) is 19.6 Å². The summed E-state index contributed by atoms with van der Waals surface area (Å²) in [5, 5.41) is 0. The maximum atomic E-state index is 11.8. The van der Waals surface area contributed by atoms with E-state index >= 15 is 0 Å². The lowest BCUT2D eigenvalue weighted by atomic mass is 10.1. The van der Waals surface area contributed by atoms with E-state index in [0.29, 0.717) is 6.54 Å². The van der Waals surface area contributed by atoms with Crippen LogP contribution in [0.4, 0.5) is 4.39 Å². The minimum atomic E-state index is -0.215. The van der Waals surface area contributed by atoms with Crippen LogP contribution in [0.5, 0.6) is 0 Å². The summed E-state index contributed by atoms with van der Waals surface area (Å²) < 4.78 is 11.8. The van der Waals surface area contributed by atoms with Gasteiger partial charge < -0.3 is 0 Å². The van der Waals surface area contributed by atoms with E-state index in [4.69, 9.17) is 0 Å². The molecule has 0 saturated heterocycles. The average molecular weight is 143 g/mol. The van der Waals surface area contributed by atoms with E-state index in [0.717, 1.165) is 19.5 Å². The van der Waals surface area contributed by atoms with Gasteiger partial charge in [-0.25, -0.2) is 4.39 Å². The van der Waals surface area contributed by atoms with Crippen LogP contribution in [0, 0.1) is 0 Å². The van der Waals surface area contributed by atoms with Gasteiger partial charge in [0.05, 0.1) is 0 Å². The van der Waals surface area contributed by atoms with Crippen molar-refractivity contribution in [3.8, 4) is 0 Å². The highest BCUT2D eigenvalue weighted by atomic mass is 19.1. The quantitative estimate of drug-likeness (QED) is 0.531. The molecule has 0 unspecified atom stereocenters. The number of halogens is 1. The molecular formula is C8H14FN.